The minimum absolute atomic E-state index is 0.0612. The molecule has 2 heterocycles. The number of amides is 5. The van der Waals surface area contributed by atoms with Gasteiger partial charge in [0.05, 0.1) is 30.6 Å². The lowest BCUT2D eigenvalue weighted by molar-refractivity contribution is -0.143. The Bertz CT molecular complexity index is 1040. The minimum Gasteiger partial charge on any atom is -0.394 e. The number of nitrogens with one attached hydrogen (secondary N) is 4. The average molecular weight is 552 g/mol. The summed E-state index contributed by atoms with van der Waals surface area (Å²) >= 11 is 6.29. The van der Waals surface area contributed by atoms with Gasteiger partial charge < -0.3 is 36.4 Å². The van der Waals surface area contributed by atoms with Crippen LogP contribution in [0.3, 0.4) is 0 Å². The Morgan fingerprint density at radius 1 is 0.974 bits per heavy atom. The fourth-order valence-corrected chi connectivity index (χ4v) is 4.89. The fourth-order valence-electron chi connectivity index (χ4n) is 4.57. The Balaban J connectivity index is 1.99. The van der Waals surface area contributed by atoms with E-state index in [4.69, 9.17) is 11.6 Å². The second-order valence-corrected chi connectivity index (χ2v) is 10.1. The number of nitrogens with zero attached hydrogens (tertiary/aromatic N) is 1. The van der Waals surface area contributed by atoms with Gasteiger partial charge in [0.1, 0.15) is 24.2 Å². The second kappa shape index (κ2) is 13.0. The number of benzene rings is 1. The van der Waals surface area contributed by atoms with Gasteiger partial charge >= 0.3 is 0 Å². The first-order chi connectivity index (χ1) is 18.0. The first-order valence-corrected chi connectivity index (χ1v) is 13.0. The van der Waals surface area contributed by atoms with Crippen LogP contribution < -0.4 is 21.3 Å². The normalized spacial score (nSPS) is 30.6. The molecule has 2 saturated heterocycles. The van der Waals surface area contributed by atoms with Crippen molar-refractivity contribution < 1.29 is 34.2 Å². The number of aliphatic hydroxyl groups excluding tert-OH is 2. The van der Waals surface area contributed by atoms with Gasteiger partial charge in [-0.15, -0.1) is 11.6 Å². The standard InChI is InChI=1S/C25H34ClN5O7/c1-3-16-25(38)31-11-15(26)9-19(31)23(36)30-21(13(2)33)24(37)29-18(12-32)22(35)28-17(10-20(34)27-16)14-7-5-4-6-8-14/h4-8,13,15-19,21,32-33H,3,9-12H2,1-2H3,(H,27,34)(H,28,35)(H,29,37)(H,30,36)/t13?,15-,16-,17+,18-,19-,21-/m0/s1. The van der Waals surface area contributed by atoms with E-state index in [1.165, 1.54) is 11.8 Å². The number of rotatable bonds is 4. The summed E-state index contributed by atoms with van der Waals surface area (Å²) in [6.45, 7) is 2.28. The molecule has 0 aliphatic carbocycles. The summed E-state index contributed by atoms with van der Waals surface area (Å²) in [6.07, 6.45) is -1.26. The number of alkyl halides is 1. The lowest BCUT2D eigenvalue weighted by atomic mass is 10.0. The summed E-state index contributed by atoms with van der Waals surface area (Å²) in [6, 6.07) is 2.91. The van der Waals surface area contributed by atoms with Crippen molar-refractivity contribution in [3.63, 3.8) is 0 Å². The molecule has 38 heavy (non-hydrogen) atoms. The summed E-state index contributed by atoms with van der Waals surface area (Å²) in [5, 5.41) is 29.7. The van der Waals surface area contributed by atoms with Crippen LogP contribution in [0.15, 0.2) is 30.3 Å². The quantitative estimate of drug-likeness (QED) is 0.252. The zero-order valence-corrected chi connectivity index (χ0v) is 22.0. The molecule has 0 bridgehead atoms. The van der Waals surface area contributed by atoms with Crippen LogP contribution in [0.25, 0.3) is 0 Å². The van der Waals surface area contributed by atoms with Crippen LogP contribution in [-0.2, 0) is 24.0 Å². The number of aliphatic hydroxyl groups is 2. The molecule has 2 aliphatic rings. The molecule has 7 atom stereocenters. The van der Waals surface area contributed by atoms with Gasteiger partial charge in [-0.05, 0) is 25.3 Å². The highest BCUT2D eigenvalue weighted by atomic mass is 35.5. The molecule has 208 valence electrons. The van der Waals surface area contributed by atoms with Gasteiger partial charge in [0.15, 0.2) is 0 Å². The van der Waals surface area contributed by atoms with Gasteiger partial charge in [0.2, 0.25) is 29.5 Å². The lowest BCUT2D eigenvalue weighted by Crippen LogP contribution is -2.61. The highest BCUT2D eigenvalue weighted by Gasteiger charge is 2.43. The Morgan fingerprint density at radius 2 is 1.66 bits per heavy atom. The van der Waals surface area contributed by atoms with Crippen LogP contribution in [-0.4, -0.2) is 93.4 Å². The molecule has 5 amide bonds. The van der Waals surface area contributed by atoms with E-state index in [0.717, 1.165) is 0 Å². The fraction of sp³-hybridized carbons (Fsp3) is 0.560. The predicted octanol–water partition coefficient (Wildman–Crippen LogP) is -1.31. The summed E-state index contributed by atoms with van der Waals surface area (Å²) < 4.78 is 0. The SMILES string of the molecule is CC[C@@H]1NC(=O)C[C@H](c2ccccc2)NC(=O)[C@H](CO)NC(=O)[C@H](C(C)O)NC(=O)[C@@H]2C[C@H](Cl)CN2C1=O. The maximum absolute atomic E-state index is 13.4. The van der Waals surface area contributed by atoms with Crippen molar-refractivity contribution >= 4 is 41.1 Å². The summed E-state index contributed by atoms with van der Waals surface area (Å²) in [5.74, 6) is -3.43. The number of carbonyl (C=O) groups excluding carboxylic acids is 5. The highest BCUT2D eigenvalue weighted by molar-refractivity contribution is 6.21. The molecular formula is C25H34ClN5O7. The van der Waals surface area contributed by atoms with Crippen molar-refractivity contribution in [1.82, 2.24) is 26.2 Å². The summed E-state index contributed by atoms with van der Waals surface area (Å²) in [4.78, 5) is 66.9. The topological polar surface area (TPSA) is 177 Å². The maximum atomic E-state index is 13.4. The molecule has 1 aromatic carbocycles. The zero-order valence-electron chi connectivity index (χ0n) is 21.2. The van der Waals surface area contributed by atoms with Crippen molar-refractivity contribution in [2.24, 2.45) is 0 Å². The Kier molecular flexibility index (Phi) is 10.1. The van der Waals surface area contributed by atoms with E-state index in [0.29, 0.717) is 5.56 Å². The van der Waals surface area contributed by atoms with Crippen molar-refractivity contribution in [2.45, 2.75) is 74.8 Å². The molecule has 3 rings (SSSR count). The van der Waals surface area contributed by atoms with Gasteiger partial charge in [0.25, 0.3) is 0 Å². The largest absolute Gasteiger partial charge is 0.394 e. The molecule has 6 N–H and O–H groups in total. The number of carbonyl (C=O) groups is 5. The Labute approximate surface area is 225 Å². The first-order valence-electron chi connectivity index (χ1n) is 12.5. The van der Waals surface area contributed by atoms with Crippen LogP contribution >= 0.6 is 11.6 Å². The van der Waals surface area contributed by atoms with E-state index in [-0.39, 0.29) is 25.8 Å². The van der Waals surface area contributed by atoms with E-state index in [1.807, 2.05) is 0 Å². The van der Waals surface area contributed by atoms with E-state index in [1.54, 1.807) is 37.3 Å². The van der Waals surface area contributed by atoms with Crippen LogP contribution in [0.2, 0.25) is 0 Å². The van der Waals surface area contributed by atoms with Crippen LogP contribution in [0.1, 0.15) is 44.7 Å². The second-order valence-electron chi connectivity index (χ2n) is 9.51. The molecule has 13 heteroatoms. The third-order valence-electron chi connectivity index (χ3n) is 6.66. The molecule has 12 nitrogen and oxygen atoms in total. The van der Waals surface area contributed by atoms with E-state index >= 15 is 0 Å². The number of halogens is 1. The number of hydrogen-bond donors (Lipinski definition) is 6. The minimum atomic E-state index is -1.48. The molecular weight excluding hydrogens is 518 g/mol. The van der Waals surface area contributed by atoms with Gasteiger partial charge in [0, 0.05) is 6.54 Å². The smallest absolute Gasteiger partial charge is 0.245 e. The Morgan fingerprint density at radius 3 is 2.26 bits per heavy atom. The van der Waals surface area contributed by atoms with Crippen molar-refractivity contribution in [3.05, 3.63) is 35.9 Å². The van der Waals surface area contributed by atoms with Crippen LogP contribution in [0, 0.1) is 0 Å². The molecule has 0 aromatic heterocycles. The molecule has 2 fully saturated rings. The lowest BCUT2D eigenvalue weighted by Gasteiger charge is -2.31. The molecule has 2 aliphatic heterocycles. The number of hydrogen-bond acceptors (Lipinski definition) is 7. The van der Waals surface area contributed by atoms with Crippen molar-refractivity contribution in [2.75, 3.05) is 13.2 Å². The molecule has 1 unspecified atom stereocenters. The molecule has 0 radical (unpaired) electrons. The third kappa shape index (κ3) is 7.00. The Hall–Kier alpha value is -3.22. The van der Waals surface area contributed by atoms with E-state index < -0.39 is 77.8 Å². The van der Waals surface area contributed by atoms with Crippen LogP contribution in [0.4, 0.5) is 0 Å². The third-order valence-corrected chi connectivity index (χ3v) is 6.98. The van der Waals surface area contributed by atoms with Crippen LogP contribution in [0.5, 0.6) is 0 Å². The predicted molar refractivity (Wildman–Crippen MR) is 137 cm³/mol. The van der Waals surface area contributed by atoms with Gasteiger partial charge in [-0.25, -0.2) is 0 Å². The highest BCUT2D eigenvalue weighted by Crippen LogP contribution is 2.24. The van der Waals surface area contributed by atoms with E-state index in [9.17, 15) is 34.2 Å². The van der Waals surface area contributed by atoms with Gasteiger partial charge in [-0.3, -0.25) is 24.0 Å². The van der Waals surface area contributed by atoms with Crippen molar-refractivity contribution in [3.8, 4) is 0 Å². The monoisotopic (exact) mass is 551 g/mol. The summed E-state index contributed by atoms with van der Waals surface area (Å²) in [5.41, 5.74) is 0.596. The first kappa shape index (κ1) is 29.3. The summed E-state index contributed by atoms with van der Waals surface area (Å²) in [7, 11) is 0. The number of fused-ring (bicyclic) bond motifs is 1. The van der Waals surface area contributed by atoms with Gasteiger partial charge in [-0.1, -0.05) is 37.3 Å². The molecule has 0 saturated carbocycles. The molecule has 0 spiro atoms. The zero-order chi connectivity index (χ0) is 28.0. The average Bonchev–Trinajstić information content (AvgIpc) is 3.29. The van der Waals surface area contributed by atoms with Crippen molar-refractivity contribution in [1.29, 1.82) is 0 Å². The van der Waals surface area contributed by atoms with E-state index in [2.05, 4.69) is 21.3 Å². The van der Waals surface area contributed by atoms with Gasteiger partial charge in [-0.2, -0.15) is 0 Å². The maximum Gasteiger partial charge on any atom is 0.245 e. The molecule has 1 aromatic rings.